The zero-order chi connectivity index (χ0) is 20.0. The minimum absolute atomic E-state index is 0.674. The molecular weight excluding hydrogens is 446 g/mol. The van der Waals surface area contributed by atoms with Gasteiger partial charge >= 0.3 is 174 Å². The molecule has 0 aromatic rings. The summed E-state index contributed by atoms with van der Waals surface area (Å²) < 4.78 is 12.4. The van der Waals surface area contributed by atoms with Gasteiger partial charge in [-0.1, -0.05) is 0 Å². The van der Waals surface area contributed by atoms with Gasteiger partial charge in [-0.05, 0) is 0 Å². The number of rotatable bonds is 18. The summed E-state index contributed by atoms with van der Waals surface area (Å²) in [6.07, 6.45) is 10.5. The van der Waals surface area contributed by atoms with Crippen molar-refractivity contribution in [2.24, 2.45) is 0 Å². The first kappa shape index (κ1) is 27.4. The molecule has 0 heterocycles. The monoisotopic (exact) mass is 494 g/mol. The van der Waals surface area contributed by atoms with Crippen LogP contribution in [0.5, 0.6) is 0 Å². The summed E-state index contributed by atoms with van der Waals surface area (Å²) in [4.78, 5) is 0. The van der Waals surface area contributed by atoms with Crippen LogP contribution < -0.4 is 0 Å². The molecule has 0 amide bonds. The summed E-state index contributed by atoms with van der Waals surface area (Å²) in [7, 11) is -0.558. The van der Waals surface area contributed by atoms with E-state index in [-0.39, 0.29) is 0 Å². The van der Waals surface area contributed by atoms with Gasteiger partial charge in [0, 0.05) is 0 Å². The van der Waals surface area contributed by atoms with Gasteiger partial charge in [-0.25, -0.2) is 0 Å². The van der Waals surface area contributed by atoms with Crippen molar-refractivity contribution in [2.45, 2.75) is 114 Å². The van der Waals surface area contributed by atoms with Crippen LogP contribution in [-0.2, 0) is 20.9 Å². The molecule has 0 aliphatic carbocycles. The minimum atomic E-state index is -2.71. The van der Waals surface area contributed by atoms with Gasteiger partial charge in [0.05, 0.1) is 0 Å². The summed E-state index contributed by atoms with van der Waals surface area (Å²) in [6, 6.07) is 0. The summed E-state index contributed by atoms with van der Waals surface area (Å²) in [5.74, 6) is 0. The third kappa shape index (κ3) is 9.29. The molecule has 0 fully saturated rings. The zero-order valence-electron chi connectivity index (χ0n) is 18.4. The second-order valence-electron chi connectivity index (χ2n) is 7.53. The molecule has 0 N–H and O–H groups in total. The number of hydrogen-bond donors (Lipinski definition) is 0. The van der Waals surface area contributed by atoms with Crippen molar-refractivity contribution in [2.75, 3.05) is 13.2 Å². The average molecular weight is 494 g/mol. The predicted octanol–water partition coefficient (Wildman–Crippen LogP) is 8.85. The van der Waals surface area contributed by atoms with E-state index < -0.39 is 16.4 Å². The third-order valence-corrected chi connectivity index (χ3v) is 41.8. The Hall–Kier alpha value is 1.44. The van der Waals surface area contributed by atoms with Gasteiger partial charge < -0.3 is 0 Å². The van der Waals surface area contributed by atoms with Gasteiger partial charge in [0.15, 0.2) is 0 Å². The molecule has 0 atom stereocenters. The second-order valence-corrected chi connectivity index (χ2v) is 33.2. The summed E-state index contributed by atoms with van der Waals surface area (Å²) >= 11 is 6.10. The van der Waals surface area contributed by atoms with Crippen LogP contribution >= 0.6 is 15.5 Å². The molecule has 0 unspecified atom stereocenters. The van der Waals surface area contributed by atoms with Crippen molar-refractivity contribution < 1.29 is 9.05 Å². The molecule has 2 nitrogen and oxygen atoms in total. The summed E-state index contributed by atoms with van der Waals surface area (Å²) in [6.45, 7) is 14.8. The van der Waals surface area contributed by atoms with E-state index in [1.54, 1.807) is 0 Å². The van der Waals surface area contributed by atoms with E-state index >= 15 is 0 Å². The average Bonchev–Trinajstić information content (AvgIpc) is 2.62. The first-order valence-corrected chi connectivity index (χ1v) is 22.6. The molecule has 0 aliphatic rings. The molecular formula is C20H47O2PS2Se. The molecule has 26 heavy (non-hydrogen) atoms. The van der Waals surface area contributed by atoms with Gasteiger partial charge in [-0.15, -0.1) is 0 Å². The molecule has 0 aromatic heterocycles. The van der Waals surface area contributed by atoms with E-state index in [1.807, 2.05) is 0 Å². The van der Waals surface area contributed by atoms with Crippen LogP contribution in [0.15, 0.2) is 0 Å². The van der Waals surface area contributed by atoms with Crippen LogP contribution in [-0.4, -0.2) is 23.9 Å². The van der Waals surface area contributed by atoms with Gasteiger partial charge in [-0.2, -0.15) is 0 Å². The van der Waals surface area contributed by atoms with Gasteiger partial charge in [-0.3, -0.25) is 0 Å². The van der Waals surface area contributed by atoms with Crippen molar-refractivity contribution in [3.63, 3.8) is 0 Å². The van der Waals surface area contributed by atoms with E-state index in [0.29, 0.717) is 13.2 Å². The van der Waals surface area contributed by atoms with Crippen LogP contribution in [0, 0.1) is 0 Å². The molecule has 0 rings (SSSR count). The summed E-state index contributed by atoms with van der Waals surface area (Å²) in [5.41, 5.74) is -2.24. The second kappa shape index (κ2) is 14.4. The Morgan fingerprint density at radius 2 is 0.962 bits per heavy atom. The first-order valence-electron chi connectivity index (χ1n) is 11.0. The van der Waals surface area contributed by atoms with Crippen LogP contribution in [0.2, 0.25) is 21.3 Å². The van der Waals surface area contributed by atoms with Crippen molar-refractivity contribution in [3.8, 4) is 0 Å². The third-order valence-electron chi connectivity index (χ3n) is 5.21. The maximum absolute atomic E-state index is 6.18. The Morgan fingerprint density at radius 3 is 1.19 bits per heavy atom. The molecule has 6 heteroatoms. The van der Waals surface area contributed by atoms with Crippen LogP contribution in [0.25, 0.3) is 0 Å². The van der Waals surface area contributed by atoms with Crippen molar-refractivity contribution in [1.82, 2.24) is 0 Å². The Morgan fingerprint density at radius 1 is 0.654 bits per heavy atom. The normalized spacial score (nSPS) is 14.3. The van der Waals surface area contributed by atoms with E-state index in [2.05, 4.69) is 51.3 Å². The van der Waals surface area contributed by atoms with E-state index in [1.165, 1.54) is 72.6 Å². The maximum atomic E-state index is 6.18. The van der Waals surface area contributed by atoms with Crippen LogP contribution in [0.4, 0.5) is 0 Å². The summed E-state index contributed by atoms with van der Waals surface area (Å²) in [5, 5.41) is 5.72. The van der Waals surface area contributed by atoms with Crippen LogP contribution in [0.3, 0.4) is 0 Å². The Kier molecular flexibility index (Phi) is 15.2. The molecule has 0 spiro atoms. The fraction of sp³-hybridized carbons (Fsp3) is 1.00. The molecule has 0 aliphatic heterocycles. The number of unbranched alkanes of at least 4 members (excludes halogenated alkanes) is 4. The van der Waals surface area contributed by atoms with E-state index in [9.17, 15) is 0 Å². The quantitative estimate of drug-likeness (QED) is 0.140. The molecule has 162 valence electrons. The standard InChI is InChI=1S/C20H47O2PS2Se/c1-7-13-17-26(18-14-8-2,19-15-9-3,20-16-10-4)25-23(24,21-11-5)22-12-6/h26H,7-20H2,1-6H3. The predicted molar refractivity (Wildman–Crippen MR) is 131 cm³/mol. The molecule has 0 saturated carbocycles. The fourth-order valence-corrected chi connectivity index (χ4v) is 52.0. The Labute approximate surface area is 173 Å². The van der Waals surface area contributed by atoms with E-state index in [0.717, 1.165) is 0 Å². The molecule has 0 saturated heterocycles. The van der Waals surface area contributed by atoms with Gasteiger partial charge in [0.1, 0.15) is 0 Å². The van der Waals surface area contributed by atoms with Gasteiger partial charge in [0.2, 0.25) is 0 Å². The van der Waals surface area contributed by atoms with Crippen molar-refractivity contribution in [3.05, 3.63) is 0 Å². The molecule has 0 bridgehead atoms. The van der Waals surface area contributed by atoms with Crippen molar-refractivity contribution >= 4 is 38.0 Å². The van der Waals surface area contributed by atoms with Gasteiger partial charge in [0.25, 0.3) is 0 Å². The van der Waals surface area contributed by atoms with E-state index in [4.69, 9.17) is 20.9 Å². The Balaban J connectivity index is 6.08. The molecule has 0 aromatic carbocycles. The number of hydrogen-bond acceptors (Lipinski definition) is 4. The SMILES string of the molecule is CCCC[SeH](CCCC)(CCCC)(CCCC)SP(=S)(OCC)OCC. The van der Waals surface area contributed by atoms with Crippen LogP contribution in [0.1, 0.15) is 92.9 Å². The molecule has 0 radical (unpaired) electrons. The zero-order valence-corrected chi connectivity index (χ0v) is 22.8. The topological polar surface area (TPSA) is 18.5 Å². The first-order chi connectivity index (χ1) is 12.4. The fourth-order valence-electron chi connectivity index (χ4n) is 3.75. The Bertz CT molecular complexity index is 354. The van der Waals surface area contributed by atoms with Crippen molar-refractivity contribution in [1.29, 1.82) is 0 Å².